The van der Waals surface area contributed by atoms with Crippen molar-refractivity contribution < 1.29 is 9.53 Å². The Morgan fingerprint density at radius 2 is 2.08 bits per heavy atom. The van der Waals surface area contributed by atoms with Crippen molar-refractivity contribution >= 4 is 5.91 Å². The van der Waals surface area contributed by atoms with Gasteiger partial charge < -0.3 is 9.64 Å². The number of hydrogen-bond acceptors (Lipinski definition) is 3. The highest BCUT2D eigenvalue weighted by Gasteiger charge is 2.25. The number of aromatic nitrogens is 1. The van der Waals surface area contributed by atoms with Crippen LogP contribution in [0.25, 0.3) is 0 Å². The number of carbonyl (C=O) groups excluding carboxylic acids is 1. The van der Waals surface area contributed by atoms with Crippen LogP contribution in [-0.4, -0.2) is 35.5 Å². The first-order valence-electron chi connectivity index (χ1n) is 8.54. The zero-order valence-electron chi connectivity index (χ0n) is 14.4. The highest BCUT2D eigenvalue weighted by atomic mass is 16.5. The van der Waals surface area contributed by atoms with Gasteiger partial charge in [-0.3, -0.25) is 4.79 Å². The first kappa shape index (κ1) is 16.5. The third kappa shape index (κ3) is 4.13. The van der Waals surface area contributed by atoms with Crippen LogP contribution in [0.15, 0.2) is 42.5 Å². The van der Waals surface area contributed by atoms with Gasteiger partial charge in [-0.25, -0.2) is 4.98 Å². The summed E-state index contributed by atoms with van der Waals surface area (Å²) in [6.45, 7) is 6.15. The van der Waals surface area contributed by atoms with E-state index in [1.807, 2.05) is 61.2 Å². The molecule has 0 aliphatic carbocycles. The molecule has 1 unspecified atom stereocenters. The van der Waals surface area contributed by atoms with Gasteiger partial charge in [-0.2, -0.15) is 0 Å². The number of amides is 1. The van der Waals surface area contributed by atoms with Crippen LogP contribution in [0.2, 0.25) is 0 Å². The summed E-state index contributed by atoms with van der Waals surface area (Å²) in [7, 11) is 0. The number of pyridine rings is 1. The van der Waals surface area contributed by atoms with E-state index in [4.69, 9.17) is 4.74 Å². The molecule has 1 aliphatic heterocycles. The fourth-order valence-corrected chi connectivity index (χ4v) is 3.15. The molecule has 4 heteroatoms. The van der Waals surface area contributed by atoms with Crippen LogP contribution in [0.3, 0.4) is 0 Å². The van der Waals surface area contributed by atoms with E-state index in [0.717, 1.165) is 42.8 Å². The number of hydrogen-bond donors (Lipinski definition) is 0. The molecule has 0 radical (unpaired) electrons. The number of piperidine rings is 1. The molecular weight excluding hydrogens is 300 g/mol. The Kier molecular flexibility index (Phi) is 5.14. The van der Waals surface area contributed by atoms with Gasteiger partial charge >= 0.3 is 0 Å². The van der Waals surface area contributed by atoms with E-state index in [1.165, 1.54) is 0 Å². The number of carbonyl (C=O) groups is 1. The number of likely N-dealkylation sites (tertiary alicyclic amines) is 1. The highest BCUT2D eigenvalue weighted by Crippen LogP contribution is 2.20. The van der Waals surface area contributed by atoms with Gasteiger partial charge in [0.25, 0.3) is 5.91 Å². The number of aryl methyl sites for hydroxylation is 2. The number of rotatable bonds is 4. The second kappa shape index (κ2) is 7.47. The minimum Gasteiger partial charge on any atom is -0.477 e. The SMILES string of the molecule is Cc1cccc(C(=O)N2CCCC(COc3cccc(C)n3)C2)c1. The molecule has 1 fully saturated rings. The minimum absolute atomic E-state index is 0.122. The molecule has 4 nitrogen and oxygen atoms in total. The quantitative estimate of drug-likeness (QED) is 0.862. The van der Waals surface area contributed by atoms with Gasteiger partial charge in [-0.05, 0) is 44.9 Å². The summed E-state index contributed by atoms with van der Waals surface area (Å²) in [4.78, 5) is 19.0. The van der Waals surface area contributed by atoms with Crippen LogP contribution in [0.5, 0.6) is 5.88 Å². The van der Waals surface area contributed by atoms with Crippen molar-refractivity contribution in [2.24, 2.45) is 5.92 Å². The molecule has 1 aliphatic rings. The molecule has 0 bridgehead atoms. The maximum atomic E-state index is 12.7. The number of benzene rings is 1. The largest absolute Gasteiger partial charge is 0.477 e. The molecule has 2 aromatic rings. The van der Waals surface area contributed by atoms with E-state index in [-0.39, 0.29) is 5.91 Å². The van der Waals surface area contributed by atoms with Crippen molar-refractivity contribution in [3.05, 3.63) is 59.3 Å². The van der Waals surface area contributed by atoms with Crippen molar-refractivity contribution in [2.45, 2.75) is 26.7 Å². The third-order valence-electron chi connectivity index (χ3n) is 4.40. The Balaban J connectivity index is 1.59. The molecule has 0 saturated carbocycles. The van der Waals surface area contributed by atoms with Crippen molar-refractivity contribution in [1.29, 1.82) is 0 Å². The molecule has 1 saturated heterocycles. The normalized spacial score (nSPS) is 17.6. The monoisotopic (exact) mass is 324 g/mol. The number of ether oxygens (including phenoxy) is 1. The van der Waals surface area contributed by atoms with Crippen LogP contribution >= 0.6 is 0 Å². The average molecular weight is 324 g/mol. The summed E-state index contributed by atoms with van der Waals surface area (Å²) in [6, 6.07) is 13.6. The van der Waals surface area contributed by atoms with Crippen LogP contribution in [0.4, 0.5) is 0 Å². The summed E-state index contributed by atoms with van der Waals surface area (Å²) < 4.78 is 5.83. The lowest BCUT2D eigenvalue weighted by Gasteiger charge is -2.32. The third-order valence-corrected chi connectivity index (χ3v) is 4.40. The van der Waals surface area contributed by atoms with Gasteiger partial charge in [-0.15, -0.1) is 0 Å². The fraction of sp³-hybridized carbons (Fsp3) is 0.400. The van der Waals surface area contributed by atoms with Crippen molar-refractivity contribution in [3.8, 4) is 5.88 Å². The Morgan fingerprint density at radius 1 is 1.25 bits per heavy atom. The van der Waals surface area contributed by atoms with Crippen LogP contribution in [-0.2, 0) is 0 Å². The maximum Gasteiger partial charge on any atom is 0.253 e. The molecule has 1 aromatic carbocycles. The lowest BCUT2D eigenvalue weighted by molar-refractivity contribution is 0.0631. The van der Waals surface area contributed by atoms with Crippen LogP contribution < -0.4 is 4.74 Å². The van der Waals surface area contributed by atoms with Gasteiger partial charge in [0.15, 0.2) is 0 Å². The molecule has 2 heterocycles. The summed E-state index contributed by atoms with van der Waals surface area (Å²) in [5, 5.41) is 0. The van der Waals surface area contributed by atoms with Crippen molar-refractivity contribution in [1.82, 2.24) is 9.88 Å². The lowest BCUT2D eigenvalue weighted by atomic mass is 9.98. The molecule has 1 amide bonds. The summed E-state index contributed by atoms with van der Waals surface area (Å²) >= 11 is 0. The first-order chi connectivity index (χ1) is 11.6. The molecule has 0 spiro atoms. The number of nitrogens with zero attached hydrogens (tertiary/aromatic N) is 2. The fourth-order valence-electron chi connectivity index (χ4n) is 3.15. The molecule has 0 N–H and O–H groups in total. The second-order valence-electron chi connectivity index (χ2n) is 6.56. The molecule has 24 heavy (non-hydrogen) atoms. The lowest BCUT2D eigenvalue weighted by Crippen LogP contribution is -2.41. The molecule has 3 rings (SSSR count). The molecule has 126 valence electrons. The Hall–Kier alpha value is -2.36. The van der Waals surface area contributed by atoms with Gasteiger partial charge in [0, 0.05) is 36.3 Å². The van der Waals surface area contributed by atoms with E-state index < -0.39 is 0 Å². The van der Waals surface area contributed by atoms with Crippen LogP contribution in [0, 0.1) is 19.8 Å². The molecule has 1 aromatic heterocycles. The maximum absolute atomic E-state index is 12.7. The van der Waals surface area contributed by atoms with Gasteiger partial charge in [-0.1, -0.05) is 23.8 Å². The Morgan fingerprint density at radius 3 is 2.88 bits per heavy atom. The average Bonchev–Trinajstić information content (AvgIpc) is 2.60. The van der Waals surface area contributed by atoms with Crippen molar-refractivity contribution in [2.75, 3.05) is 19.7 Å². The zero-order chi connectivity index (χ0) is 16.9. The van der Waals surface area contributed by atoms with Gasteiger partial charge in [0.05, 0.1) is 6.61 Å². The summed E-state index contributed by atoms with van der Waals surface area (Å²) in [6.07, 6.45) is 2.11. The van der Waals surface area contributed by atoms with Crippen LogP contribution in [0.1, 0.15) is 34.5 Å². The van der Waals surface area contributed by atoms with E-state index in [0.29, 0.717) is 18.4 Å². The summed E-state index contributed by atoms with van der Waals surface area (Å²) in [5.74, 6) is 1.14. The first-order valence-corrected chi connectivity index (χ1v) is 8.54. The predicted octanol–water partition coefficient (Wildman–Crippen LogP) is 3.63. The van der Waals surface area contributed by atoms with Gasteiger partial charge in [0.1, 0.15) is 0 Å². The van der Waals surface area contributed by atoms with E-state index in [2.05, 4.69) is 4.98 Å². The second-order valence-corrected chi connectivity index (χ2v) is 6.56. The molecular formula is C20H24N2O2. The summed E-state index contributed by atoms with van der Waals surface area (Å²) in [5.41, 5.74) is 2.84. The van der Waals surface area contributed by atoms with E-state index >= 15 is 0 Å². The topological polar surface area (TPSA) is 42.4 Å². The smallest absolute Gasteiger partial charge is 0.253 e. The standard InChI is InChI=1S/C20H24N2O2/c1-15-6-3-9-18(12-15)20(23)22-11-5-8-17(13-22)14-24-19-10-4-7-16(2)21-19/h3-4,6-7,9-10,12,17H,5,8,11,13-14H2,1-2H3. The van der Waals surface area contributed by atoms with Crippen molar-refractivity contribution in [3.63, 3.8) is 0 Å². The Bertz CT molecular complexity index is 714. The zero-order valence-corrected chi connectivity index (χ0v) is 14.4. The Labute approximate surface area is 143 Å². The molecule has 1 atom stereocenters. The highest BCUT2D eigenvalue weighted by molar-refractivity contribution is 5.94. The van der Waals surface area contributed by atoms with E-state index in [9.17, 15) is 4.79 Å². The van der Waals surface area contributed by atoms with Gasteiger partial charge in [0.2, 0.25) is 5.88 Å². The van der Waals surface area contributed by atoms with E-state index in [1.54, 1.807) is 0 Å². The minimum atomic E-state index is 0.122. The predicted molar refractivity (Wildman–Crippen MR) is 94.3 cm³/mol.